The van der Waals surface area contributed by atoms with E-state index in [9.17, 15) is 4.79 Å². The summed E-state index contributed by atoms with van der Waals surface area (Å²) < 4.78 is 8.51. The van der Waals surface area contributed by atoms with Gasteiger partial charge in [0.15, 0.2) is 0 Å². The fourth-order valence-electron chi connectivity index (χ4n) is 2.45. The molecule has 0 amide bonds. The van der Waals surface area contributed by atoms with Crippen molar-refractivity contribution < 1.29 is 14.3 Å². The lowest BCUT2D eigenvalue weighted by molar-refractivity contribution is 0.0695. The molecule has 1 aliphatic heterocycles. The summed E-state index contributed by atoms with van der Waals surface area (Å²) in [6.07, 6.45) is 1.80. The summed E-state index contributed by atoms with van der Waals surface area (Å²) in [6.45, 7) is 4.74. The molecule has 2 aromatic rings. The van der Waals surface area contributed by atoms with Crippen molar-refractivity contribution in [3.05, 3.63) is 39.5 Å². The zero-order chi connectivity index (χ0) is 14.3. The Balaban J connectivity index is 1.75. The molecule has 20 heavy (non-hydrogen) atoms. The van der Waals surface area contributed by atoms with E-state index >= 15 is 0 Å². The molecule has 0 atom stereocenters. The second kappa shape index (κ2) is 5.06. The van der Waals surface area contributed by atoms with Crippen molar-refractivity contribution >= 4 is 21.9 Å². The molecule has 3 rings (SSSR count). The lowest BCUT2D eigenvalue weighted by atomic mass is 10.2. The normalized spacial score (nSPS) is 15.3. The molecule has 0 fully saturated rings. The fourth-order valence-corrected chi connectivity index (χ4v) is 2.88. The molecule has 0 aliphatic carbocycles. The molecule has 106 valence electrons. The van der Waals surface area contributed by atoms with Crippen molar-refractivity contribution in [1.82, 2.24) is 14.7 Å². The van der Waals surface area contributed by atoms with Crippen LogP contribution in [0.25, 0.3) is 0 Å². The quantitative estimate of drug-likeness (QED) is 0.928. The number of rotatable bonds is 3. The Bertz CT molecular complexity index is 662. The summed E-state index contributed by atoms with van der Waals surface area (Å²) in [6, 6.07) is 1.61. The number of hydrogen-bond acceptors (Lipinski definition) is 4. The van der Waals surface area contributed by atoms with Gasteiger partial charge in [-0.3, -0.25) is 9.58 Å². The van der Waals surface area contributed by atoms with E-state index in [1.807, 2.05) is 4.68 Å². The van der Waals surface area contributed by atoms with Crippen molar-refractivity contribution in [2.75, 3.05) is 6.54 Å². The van der Waals surface area contributed by atoms with Crippen LogP contribution in [-0.4, -0.2) is 32.3 Å². The van der Waals surface area contributed by atoms with Gasteiger partial charge in [-0.05, 0) is 28.9 Å². The van der Waals surface area contributed by atoms with Gasteiger partial charge in [0.25, 0.3) is 0 Å². The fraction of sp³-hybridized carbons (Fsp3) is 0.385. The van der Waals surface area contributed by atoms with Crippen LogP contribution in [0.4, 0.5) is 0 Å². The van der Waals surface area contributed by atoms with Crippen LogP contribution in [0, 0.1) is 6.92 Å². The van der Waals surface area contributed by atoms with Crippen LogP contribution in [0.1, 0.15) is 27.6 Å². The molecule has 0 radical (unpaired) electrons. The Labute approximate surface area is 124 Å². The maximum atomic E-state index is 11.0. The van der Waals surface area contributed by atoms with E-state index in [0.717, 1.165) is 29.8 Å². The molecule has 3 heterocycles. The number of carboxylic acid groups (broad SMARTS) is 1. The highest BCUT2D eigenvalue weighted by Crippen LogP contribution is 2.23. The molecule has 6 nitrogen and oxygen atoms in total. The van der Waals surface area contributed by atoms with Gasteiger partial charge in [-0.1, -0.05) is 0 Å². The molecule has 1 N–H and O–H groups in total. The molecule has 0 bridgehead atoms. The van der Waals surface area contributed by atoms with Crippen molar-refractivity contribution in [2.24, 2.45) is 0 Å². The monoisotopic (exact) mass is 339 g/mol. The zero-order valence-electron chi connectivity index (χ0n) is 11.0. The summed E-state index contributed by atoms with van der Waals surface area (Å²) in [4.78, 5) is 13.2. The third kappa shape index (κ3) is 2.38. The van der Waals surface area contributed by atoms with Gasteiger partial charge in [-0.25, -0.2) is 4.79 Å². The van der Waals surface area contributed by atoms with E-state index in [1.165, 1.54) is 0 Å². The Morgan fingerprint density at radius 1 is 1.55 bits per heavy atom. The third-order valence-electron chi connectivity index (χ3n) is 3.48. The standard InChI is InChI=1S/C13H14BrN3O3/c1-8-10(13(18)19)4-9(20-8)6-16-2-3-17-12(7-16)11(14)5-15-17/h4-5H,2-3,6-7H2,1H3,(H,18,19). The summed E-state index contributed by atoms with van der Waals surface area (Å²) in [7, 11) is 0. The topological polar surface area (TPSA) is 71.5 Å². The minimum Gasteiger partial charge on any atom is -0.478 e. The number of halogens is 1. The summed E-state index contributed by atoms with van der Waals surface area (Å²) >= 11 is 3.49. The van der Waals surface area contributed by atoms with Crippen LogP contribution < -0.4 is 0 Å². The SMILES string of the molecule is Cc1oc(CN2CCn3ncc(Br)c3C2)cc1C(=O)O. The molecular weight excluding hydrogens is 326 g/mol. The van der Waals surface area contributed by atoms with Gasteiger partial charge in [0.1, 0.15) is 17.1 Å². The van der Waals surface area contributed by atoms with Crippen LogP contribution >= 0.6 is 15.9 Å². The molecule has 0 unspecified atom stereocenters. The maximum absolute atomic E-state index is 11.0. The molecule has 0 saturated carbocycles. The van der Waals surface area contributed by atoms with Gasteiger partial charge in [0, 0.05) is 13.1 Å². The highest BCUT2D eigenvalue weighted by atomic mass is 79.9. The van der Waals surface area contributed by atoms with Crippen LogP contribution in [0.15, 0.2) is 21.2 Å². The first-order chi connectivity index (χ1) is 9.54. The highest BCUT2D eigenvalue weighted by molar-refractivity contribution is 9.10. The van der Waals surface area contributed by atoms with Crippen LogP contribution in [0.3, 0.4) is 0 Å². The maximum Gasteiger partial charge on any atom is 0.339 e. The highest BCUT2D eigenvalue weighted by Gasteiger charge is 2.21. The average Bonchev–Trinajstić information content (AvgIpc) is 2.94. The van der Waals surface area contributed by atoms with Gasteiger partial charge in [-0.2, -0.15) is 5.10 Å². The molecular formula is C13H14BrN3O3. The Morgan fingerprint density at radius 3 is 3.05 bits per heavy atom. The minimum absolute atomic E-state index is 0.239. The van der Waals surface area contributed by atoms with E-state index in [1.54, 1.807) is 19.2 Å². The number of aryl methyl sites for hydroxylation is 1. The molecule has 2 aromatic heterocycles. The van der Waals surface area contributed by atoms with Crippen molar-refractivity contribution in [3.63, 3.8) is 0 Å². The number of fused-ring (bicyclic) bond motifs is 1. The van der Waals surface area contributed by atoms with Gasteiger partial charge < -0.3 is 9.52 Å². The minimum atomic E-state index is -0.947. The Kier molecular flexibility index (Phi) is 3.39. The van der Waals surface area contributed by atoms with E-state index in [2.05, 4.69) is 25.9 Å². The number of furan rings is 1. The van der Waals surface area contributed by atoms with Gasteiger partial charge in [-0.15, -0.1) is 0 Å². The Hall–Kier alpha value is -1.60. The molecule has 0 aromatic carbocycles. The van der Waals surface area contributed by atoms with E-state index in [0.29, 0.717) is 18.1 Å². The summed E-state index contributed by atoms with van der Waals surface area (Å²) in [5.74, 6) is 0.191. The molecule has 7 heteroatoms. The number of aromatic nitrogens is 2. The number of nitrogens with zero attached hydrogens (tertiary/aromatic N) is 3. The van der Waals surface area contributed by atoms with E-state index in [-0.39, 0.29) is 5.56 Å². The first-order valence-corrected chi connectivity index (χ1v) is 7.09. The lowest BCUT2D eigenvalue weighted by Crippen LogP contribution is -2.33. The lowest BCUT2D eigenvalue weighted by Gasteiger charge is -2.26. The number of carboxylic acids is 1. The largest absolute Gasteiger partial charge is 0.478 e. The second-order valence-corrected chi connectivity index (χ2v) is 5.72. The number of aromatic carboxylic acids is 1. The summed E-state index contributed by atoms with van der Waals surface area (Å²) in [5.41, 5.74) is 1.38. The first-order valence-electron chi connectivity index (χ1n) is 6.29. The van der Waals surface area contributed by atoms with Crippen molar-refractivity contribution in [1.29, 1.82) is 0 Å². The smallest absolute Gasteiger partial charge is 0.339 e. The summed E-state index contributed by atoms with van der Waals surface area (Å²) in [5, 5.41) is 13.3. The predicted octanol–water partition coefficient (Wildman–Crippen LogP) is 2.26. The number of carbonyl (C=O) groups is 1. The van der Waals surface area contributed by atoms with Gasteiger partial charge in [0.2, 0.25) is 0 Å². The molecule has 0 saturated heterocycles. The van der Waals surface area contributed by atoms with Crippen molar-refractivity contribution in [2.45, 2.75) is 26.6 Å². The van der Waals surface area contributed by atoms with Crippen molar-refractivity contribution in [3.8, 4) is 0 Å². The van der Waals surface area contributed by atoms with E-state index < -0.39 is 5.97 Å². The van der Waals surface area contributed by atoms with Crippen LogP contribution in [0.2, 0.25) is 0 Å². The van der Waals surface area contributed by atoms with Crippen LogP contribution in [0.5, 0.6) is 0 Å². The van der Waals surface area contributed by atoms with Crippen LogP contribution in [-0.2, 0) is 19.6 Å². The second-order valence-electron chi connectivity index (χ2n) is 4.86. The number of hydrogen-bond donors (Lipinski definition) is 1. The molecule has 1 aliphatic rings. The zero-order valence-corrected chi connectivity index (χ0v) is 12.6. The van der Waals surface area contributed by atoms with Gasteiger partial charge in [0.05, 0.1) is 29.5 Å². The predicted molar refractivity (Wildman–Crippen MR) is 74.4 cm³/mol. The third-order valence-corrected chi connectivity index (χ3v) is 4.14. The first kappa shape index (κ1) is 13.4. The van der Waals surface area contributed by atoms with E-state index in [4.69, 9.17) is 9.52 Å². The Morgan fingerprint density at radius 2 is 2.35 bits per heavy atom. The van der Waals surface area contributed by atoms with Gasteiger partial charge >= 0.3 is 5.97 Å². The average molecular weight is 340 g/mol. The molecule has 0 spiro atoms.